The number of rotatable bonds is 9. The molecule has 0 radical (unpaired) electrons. The predicted molar refractivity (Wildman–Crippen MR) is 149 cm³/mol. The third-order valence-corrected chi connectivity index (χ3v) is 10.0. The number of amides is 2. The Morgan fingerprint density at radius 3 is 2.23 bits per heavy atom. The highest BCUT2D eigenvalue weighted by Gasteiger charge is 2.65. The number of fused-ring (bicyclic) bond motifs is 2. The van der Waals surface area contributed by atoms with E-state index in [1.54, 1.807) is 0 Å². The fourth-order valence-corrected chi connectivity index (χ4v) is 7.41. The van der Waals surface area contributed by atoms with Gasteiger partial charge in [-0.2, -0.15) is 0 Å². The molecule has 3 aliphatic carbocycles. The molecule has 0 aliphatic heterocycles. The third-order valence-electron chi connectivity index (χ3n) is 8.88. The van der Waals surface area contributed by atoms with Crippen LogP contribution >= 0.6 is 10.2 Å². The quantitative estimate of drug-likeness (QED) is 0.246. The number of nitrogens with one attached hydrogen (secondary N) is 2. The number of ether oxygens (including phenoxy) is 2. The molecule has 3 fully saturated rings. The molecule has 242 valence electrons. The minimum absolute atomic E-state index is 0.0753. The van der Waals surface area contributed by atoms with Crippen molar-refractivity contribution in [3.05, 3.63) is 47.8 Å². The number of hydrogen-bond acceptors (Lipinski definition) is 5. The van der Waals surface area contributed by atoms with E-state index in [4.69, 9.17) is 9.47 Å². The molecule has 0 saturated heterocycles. The molecule has 0 aromatic heterocycles. The first-order valence-corrected chi connectivity index (χ1v) is 16.1. The molecule has 15 heteroatoms. The molecule has 0 spiro atoms. The summed E-state index contributed by atoms with van der Waals surface area (Å²) in [5.74, 6) is -5.09. The van der Waals surface area contributed by atoms with E-state index in [-0.39, 0.29) is 41.0 Å². The maximum Gasteiger partial charge on any atom is 0.310 e. The van der Waals surface area contributed by atoms with Crippen LogP contribution in [0.4, 0.5) is 29.5 Å². The second kappa shape index (κ2) is 10.8. The van der Waals surface area contributed by atoms with Crippen LogP contribution in [-0.2, 0) is 9.59 Å². The Kier molecular flexibility index (Phi) is 7.78. The van der Waals surface area contributed by atoms with E-state index in [1.807, 2.05) is 0 Å². The van der Waals surface area contributed by atoms with Crippen LogP contribution in [0.2, 0.25) is 0 Å². The highest BCUT2D eigenvalue weighted by molar-refractivity contribution is 8.45. The molecule has 44 heavy (non-hydrogen) atoms. The third kappa shape index (κ3) is 6.71. The van der Waals surface area contributed by atoms with Crippen LogP contribution in [0.25, 0.3) is 0 Å². The van der Waals surface area contributed by atoms with Crippen LogP contribution in [-0.4, -0.2) is 42.1 Å². The van der Waals surface area contributed by atoms with Crippen molar-refractivity contribution in [2.24, 2.45) is 23.7 Å². The number of carbonyl (C=O) groups is 3. The number of halogens is 6. The number of methoxy groups -OCH3 is 1. The Bertz CT molecular complexity index is 1480. The molecule has 3 saturated carbocycles. The van der Waals surface area contributed by atoms with Crippen LogP contribution < -0.4 is 20.1 Å². The number of carbonyl (C=O) groups excluding carboxylic acids is 2. The lowest BCUT2D eigenvalue weighted by Crippen LogP contribution is -2.48. The maximum absolute atomic E-state index is 14.9. The number of hydrogen-bond donors (Lipinski definition) is 3. The van der Waals surface area contributed by atoms with Crippen LogP contribution in [0, 0.1) is 29.5 Å². The van der Waals surface area contributed by atoms with Crippen molar-refractivity contribution >= 4 is 33.7 Å². The Balaban J connectivity index is 1.33. The van der Waals surface area contributed by atoms with Gasteiger partial charge in [0.15, 0.2) is 11.6 Å². The van der Waals surface area contributed by atoms with Crippen LogP contribution in [0.5, 0.6) is 11.5 Å². The molecular formula is C29H32F6N2O6S. The van der Waals surface area contributed by atoms with Gasteiger partial charge in [-0.25, -0.2) is 4.39 Å². The van der Waals surface area contributed by atoms with Crippen LogP contribution in [0.3, 0.4) is 0 Å². The van der Waals surface area contributed by atoms with Gasteiger partial charge >= 0.3 is 16.2 Å². The second-order valence-corrected chi connectivity index (χ2v) is 14.2. The smallest absolute Gasteiger partial charge is 0.310 e. The van der Waals surface area contributed by atoms with Crippen molar-refractivity contribution in [2.45, 2.75) is 62.0 Å². The molecule has 5 rings (SSSR count). The van der Waals surface area contributed by atoms with E-state index in [0.717, 1.165) is 18.2 Å². The largest absolute Gasteiger partial charge is 0.496 e. The number of carboxylic acids is 1. The van der Waals surface area contributed by atoms with Crippen molar-refractivity contribution in [3.8, 4) is 11.5 Å². The molecule has 0 unspecified atom stereocenters. The number of aliphatic carboxylic acids is 1. The average molecular weight is 651 g/mol. The summed E-state index contributed by atoms with van der Waals surface area (Å²) in [7, 11) is -8.73. The minimum atomic E-state index is -9.97. The van der Waals surface area contributed by atoms with E-state index in [0.29, 0.717) is 44.9 Å². The van der Waals surface area contributed by atoms with Gasteiger partial charge in [0, 0.05) is 17.8 Å². The van der Waals surface area contributed by atoms with Crippen molar-refractivity contribution in [3.63, 3.8) is 0 Å². The standard InChI is InChI=1S/C29H32F6N2O6S/c1-42-23-14-22(30)24(43-19-9-7-15(8-10-19)29(40)41)13-21(23)27(38)37-26-17-6-5-16(11-17)25(26)28(39)36-18-3-2-4-20(12-18)44(31,32,33,34)35/h2-4,12-17,19,25-26H,5-11H2,1H3,(H,36,39)(H,37,38)(H,40,41)/t15?,16-,17+,19?,25+,26-/m1/s1. The van der Waals surface area contributed by atoms with Gasteiger partial charge in [0.25, 0.3) is 5.91 Å². The molecule has 8 nitrogen and oxygen atoms in total. The van der Waals surface area contributed by atoms with E-state index in [9.17, 15) is 43.3 Å². The lowest BCUT2D eigenvalue weighted by molar-refractivity contribution is -0.143. The fraction of sp³-hybridized carbons (Fsp3) is 0.483. The van der Waals surface area contributed by atoms with Gasteiger partial charge in [0.05, 0.1) is 30.6 Å². The molecular weight excluding hydrogens is 618 g/mol. The Labute approximate surface area is 249 Å². The summed E-state index contributed by atoms with van der Waals surface area (Å²) in [6.07, 6.45) is 2.94. The lowest BCUT2D eigenvalue weighted by atomic mass is 9.83. The molecule has 2 amide bonds. The normalized spacial score (nSPS) is 28.0. The fourth-order valence-electron chi connectivity index (χ4n) is 6.72. The lowest BCUT2D eigenvalue weighted by Gasteiger charge is -2.40. The summed E-state index contributed by atoms with van der Waals surface area (Å²) in [6, 6.07) is 3.73. The molecule has 0 heterocycles. The maximum atomic E-state index is 14.9. The van der Waals surface area contributed by atoms with Crippen molar-refractivity contribution in [1.82, 2.24) is 5.32 Å². The van der Waals surface area contributed by atoms with Gasteiger partial charge in [-0.1, -0.05) is 25.5 Å². The van der Waals surface area contributed by atoms with E-state index >= 15 is 0 Å². The first kappa shape index (κ1) is 31.8. The van der Waals surface area contributed by atoms with Gasteiger partial charge < -0.3 is 25.2 Å². The van der Waals surface area contributed by atoms with Crippen molar-refractivity contribution in [1.29, 1.82) is 0 Å². The minimum Gasteiger partial charge on any atom is -0.496 e. The Morgan fingerprint density at radius 1 is 0.909 bits per heavy atom. The van der Waals surface area contributed by atoms with Gasteiger partial charge in [0.2, 0.25) is 5.91 Å². The number of anilines is 1. The zero-order valence-electron chi connectivity index (χ0n) is 23.5. The summed E-state index contributed by atoms with van der Waals surface area (Å²) >= 11 is 0. The summed E-state index contributed by atoms with van der Waals surface area (Å²) in [5, 5.41) is 14.3. The number of benzene rings is 2. The molecule has 2 aromatic carbocycles. The van der Waals surface area contributed by atoms with Gasteiger partial charge in [-0.05, 0) is 81.0 Å². The summed E-state index contributed by atoms with van der Waals surface area (Å²) in [5.41, 5.74) is -0.526. The summed E-state index contributed by atoms with van der Waals surface area (Å²) in [6.45, 7) is 0. The molecule has 4 atom stereocenters. The van der Waals surface area contributed by atoms with E-state index < -0.39 is 68.4 Å². The zero-order chi connectivity index (χ0) is 32.1. The van der Waals surface area contributed by atoms with Crippen LogP contribution in [0.15, 0.2) is 41.3 Å². The van der Waals surface area contributed by atoms with Crippen molar-refractivity contribution < 1.29 is 52.8 Å². The monoisotopic (exact) mass is 650 g/mol. The Morgan fingerprint density at radius 2 is 1.59 bits per heavy atom. The molecule has 3 aliphatic rings. The van der Waals surface area contributed by atoms with Gasteiger partial charge in [-0.3, -0.25) is 14.4 Å². The average Bonchev–Trinajstić information content (AvgIpc) is 3.55. The number of carboxylic acid groups (broad SMARTS) is 1. The topological polar surface area (TPSA) is 114 Å². The molecule has 2 bridgehead atoms. The second-order valence-electron chi connectivity index (χ2n) is 11.8. The molecule has 2 aromatic rings. The predicted octanol–water partition coefficient (Wildman–Crippen LogP) is 7.30. The highest BCUT2D eigenvalue weighted by atomic mass is 32.5. The van der Waals surface area contributed by atoms with Gasteiger partial charge in [0.1, 0.15) is 10.6 Å². The zero-order valence-corrected chi connectivity index (χ0v) is 24.4. The summed E-state index contributed by atoms with van der Waals surface area (Å²) < 4.78 is 92.5. The van der Waals surface area contributed by atoms with E-state index in [1.165, 1.54) is 13.2 Å². The summed E-state index contributed by atoms with van der Waals surface area (Å²) in [4.78, 5) is 35.9. The highest BCUT2D eigenvalue weighted by Crippen LogP contribution is 3.02. The first-order chi connectivity index (χ1) is 20.4. The van der Waals surface area contributed by atoms with Crippen LogP contribution in [0.1, 0.15) is 55.3 Å². The van der Waals surface area contributed by atoms with Crippen molar-refractivity contribution in [2.75, 3.05) is 12.4 Å². The Hall–Kier alpha value is -3.62. The SMILES string of the molecule is COc1cc(F)c(OC2CCC(C(=O)O)CC2)cc1C(=O)N[C@@H]1[C@H]2CC[C@H](C2)[C@@H]1C(=O)Nc1cccc(S(F)(F)(F)(F)F)c1. The molecule has 3 N–H and O–H groups in total. The van der Waals surface area contributed by atoms with Gasteiger partial charge in [-0.15, -0.1) is 0 Å². The van der Waals surface area contributed by atoms with E-state index in [2.05, 4.69) is 10.6 Å². The first-order valence-electron chi connectivity index (χ1n) is 14.2.